The molecule has 2 rings (SSSR count). The number of aromatic nitrogens is 2. The van der Waals surface area contributed by atoms with Crippen LogP contribution in [-0.4, -0.2) is 51.6 Å². The number of piperidine rings is 1. The molecule has 0 aliphatic carbocycles. The van der Waals surface area contributed by atoms with Crippen molar-refractivity contribution < 1.29 is 14.7 Å². The number of carboxylic acid groups (broad SMARTS) is 1. The van der Waals surface area contributed by atoms with Crippen LogP contribution in [0, 0.1) is 5.92 Å². The second kappa shape index (κ2) is 6.98. The summed E-state index contributed by atoms with van der Waals surface area (Å²) >= 11 is 0. The summed E-state index contributed by atoms with van der Waals surface area (Å²) in [4.78, 5) is 32.1. The van der Waals surface area contributed by atoms with Gasteiger partial charge in [-0.05, 0) is 31.8 Å². The molecule has 4 N–H and O–H groups in total. The van der Waals surface area contributed by atoms with Crippen molar-refractivity contribution in [2.75, 3.05) is 19.6 Å². The minimum absolute atomic E-state index is 0.0819. The fourth-order valence-electron chi connectivity index (χ4n) is 2.73. The maximum absolute atomic E-state index is 11.5. The van der Waals surface area contributed by atoms with Crippen LogP contribution >= 0.6 is 0 Å². The number of carbonyl (C=O) groups is 2. The molecule has 1 atom stereocenters. The lowest BCUT2D eigenvalue weighted by molar-refractivity contribution is -0.119. The van der Waals surface area contributed by atoms with Crippen LogP contribution in [0.4, 0.5) is 4.79 Å². The predicted molar refractivity (Wildman–Crippen MR) is 74.3 cm³/mol. The first kappa shape index (κ1) is 15.2. The Morgan fingerprint density at radius 2 is 2.14 bits per heavy atom. The zero-order valence-corrected chi connectivity index (χ0v) is 11.6. The lowest BCUT2D eigenvalue weighted by Crippen LogP contribution is -2.45. The Balaban J connectivity index is 2.33. The molecule has 0 aromatic carbocycles. The largest absolute Gasteiger partial charge is 0.465 e. The van der Waals surface area contributed by atoms with Crippen molar-refractivity contribution in [3.63, 3.8) is 0 Å². The molecule has 1 aliphatic heterocycles. The lowest BCUT2D eigenvalue weighted by Gasteiger charge is -2.36. The maximum atomic E-state index is 11.5. The quantitative estimate of drug-likeness (QED) is 0.701. The van der Waals surface area contributed by atoms with Crippen LogP contribution in [0.25, 0.3) is 0 Å². The summed E-state index contributed by atoms with van der Waals surface area (Å²) in [5.41, 5.74) is 5.73. The first-order valence-corrected chi connectivity index (χ1v) is 6.84. The van der Waals surface area contributed by atoms with Crippen molar-refractivity contribution in [2.24, 2.45) is 11.7 Å². The van der Waals surface area contributed by atoms with E-state index in [1.807, 2.05) is 0 Å². The van der Waals surface area contributed by atoms with Crippen molar-refractivity contribution in [2.45, 2.75) is 18.9 Å². The molecule has 1 saturated heterocycles. The molecule has 21 heavy (non-hydrogen) atoms. The summed E-state index contributed by atoms with van der Waals surface area (Å²) in [6.45, 7) is 1.28. The molecule has 1 unspecified atom stereocenters. The van der Waals surface area contributed by atoms with Gasteiger partial charge in [-0.1, -0.05) is 0 Å². The molecule has 1 aliphatic rings. The van der Waals surface area contributed by atoms with E-state index in [2.05, 4.69) is 15.3 Å². The van der Waals surface area contributed by atoms with E-state index in [4.69, 9.17) is 5.73 Å². The van der Waals surface area contributed by atoms with Gasteiger partial charge in [-0.15, -0.1) is 0 Å². The zero-order valence-electron chi connectivity index (χ0n) is 11.6. The van der Waals surface area contributed by atoms with Gasteiger partial charge < -0.3 is 16.2 Å². The molecule has 0 saturated carbocycles. The fourth-order valence-corrected chi connectivity index (χ4v) is 2.73. The van der Waals surface area contributed by atoms with Gasteiger partial charge in [0.2, 0.25) is 5.91 Å². The van der Waals surface area contributed by atoms with Gasteiger partial charge in [0.1, 0.15) is 6.54 Å². The summed E-state index contributed by atoms with van der Waals surface area (Å²) in [6.07, 6.45) is 5.04. The molecule has 2 amide bonds. The van der Waals surface area contributed by atoms with E-state index in [1.54, 1.807) is 6.20 Å². The summed E-state index contributed by atoms with van der Waals surface area (Å²) in [7, 11) is 0. The van der Waals surface area contributed by atoms with Gasteiger partial charge >= 0.3 is 6.09 Å². The Bertz CT molecular complexity index is 490. The van der Waals surface area contributed by atoms with E-state index in [9.17, 15) is 14.7 Å². The van der Waals surface area contributed by atoms with Gasteiger partial charge in [0.15, 0.2) is 0 Å². The van der Waals surface area contributed by atoms with Crippen molar-refractivity contribution >= 4 is 12.0 Å². The number of nitrogens with one attached hydrogen (secondary N) is 1. The van der Waals surface area contributed by atoms with E-state index in [1.165, 1.54) is 12.4 Å². The molecule has 8 heteroatoms. The minimum Gasteiger partial charge on any atom is -0.465 e. The van der Waals surface area contributed by atoms with Gasteiger partial charge in [-0.2, -0.15) is 0 Å². The smallest absolute Gasteiger partial charge is 0.408 e. The third kappa shape index (κ3) is 3.88. The van der Waals surface area contributed by atoms with Crippen LogP contribution in [-0.2, 0) is 4.79 Å². The fraction of sp³-hybridized carbons (Fsp3) is 0.538. The summed E-state index contributed by atoms with van der Waals surface area (Å²) in [6, 6.07) is -0.509. The topological polar surface area (TPSA) is 121 Å². The molecule has 8 nitrogen and oxygen atoms in total. The monoisotopic (exact) mass is 293 g/mol. The third-order valence-corrected chi connectivity index (χ3v) is 3.62. The number of primary amides is 1. The molecular weight excluding hydrogens is 274 g/mol. The normalized spacial score (nSPS) is 17.1. The highest BCUT2D eigenvalue weighted by Crippen LogP contribution is 2.32. The maximum Gasteiger partial charge on any atom is 0.408 e. The second-order valence-electron chi connectivity index (χ2n) is 5.04. The number of hydrogen-bond acceptors (Lipinski definition) is 5. The van der Waals surface area contributed by atoms with Crippen LogP contribution in [0.3, 0.4) is 0 Å². The Labute approximate surface area is 122 Å². The molecule has 0 spiro atoms. The molecule has 1 fully saturated rings. The van der Waals surface area contributed by atoms with Crippen LogP contribution < -0.4 is 11.1 Å². The second-order valence-corrected chi connectivity index (χ2v) is 5.04. The van der Waals surface area contributed by atoms with Crippen LogP contribution in [0.2, 0.25) is 0 Å². The van der Waals surface area contributed by atoms with E-state index < -0.39 is 18.0 Å². The highest BCUT2D eigenvalue weighted by Gasteiger charge is 2.34. The average molecular weight is 293 g/mol. The van der Waals surface area contributed by atoms with E-state index in [0.29, 0.717) is 5.69 Å². The van der Waals surface area contributed by atoms with Gasteiger partial charge in [0.05, 0.1) is 17.9 Å². The summed E-state index contributed by atoms with van der Waals surface area (Å²) in [5, 5.41) is 12.7. The number of carbonyl (C=O) groups excluding carboxylic acids is 1. The number of hydrogen-bond donors (Lipinski definition) is 3. The molecule has 0 radical (unpaired) electrons. The van der Waals surface area contributed by atoms with Gasteiger partial charge in [0.25, 0.3) is 0 Å². The van der Waals surface area contributed by atoms with Crippen LogP contribution in [0.5, 0.6) is 0 Å². The highest BCUT2D eigenvalue weighted by molar-refractivity contribution is 5.80. The van der Waals surface area contributed by atoms with Crippen molar-refractivity contribution in [3.05, 3.63) is 24.3 Å². The van der Waals surface area contributed by atoms with E-state index in [0.717, 1.165) is 30.8 Å². The van der Waals surface area contributed by atoms with Gasteiger partial charge in [-0.3, -0.25) is 19.7 Å². The number of amides is 2. The molecule has 1 aromatic heterocycles. The van der Waals surface area contributed by atoms with E-state index >= 15 is 0 Å². The third-order valence-electron chi connectivity index (χ3n) is 3.62. The van der Waals surface area contributed by atoms with Crippen LogP contribution in [0.1, 0.15) is 24.6 Å². The van der Waals surface area contributed by atoms with Crippen molar-refractivity contribution in [1.29, 1.82) is 0 Å². The predicted octanol–water partition coefficient (Wildman–Crippen LogP) is -0.0174. The first-order valence-electron chi connectivity index (χ1n) is 6.84. The molecule has 2 heterocycles. The number of nitrogens with zero attached hydrogens (tertiary/aromatic N) is 3. The van der Waals surface area contributed by atoms with Gasteiger partial charge in [-0.25, -0.2) is 4.79 Å². The molecule has 1 aromatic rings. The molecular formula is C13H19N5O3. The van der Waals surface area contributed by atoms with Crippen molar-refractivity contribution in [3.8, 4) is 0 Å². The Morgan fingerprint density at radius 3 is 2.67 bits per heavy atom. The van der Waals surface area contributed by atoms with Crippen molar-refractivity contribution in [1.82, 2.24) is 20.2 Å². The standard InChI is InChI=1S/C13H19N5O3/c14-11(19)8-18(13(20)21)12(9-1-3-15-4-2-9)10-7-16-5-6-17-10/h5-7,9,12,15H,1-4,8H2,(H2,14,19)(H,20,21). The zero-order chi connectivity index (χ0) is 15.2. The number of rotatable bonds is 5. The number of nitrogens with two attached hydrogens (primary N) is 1. The molecule has 0 bridgehead atoms. The Morgan fingerprint density at radius 1 is 1.43 bits per heavy atom. The molecule has 114 valence electrons. The van der Waals surface area contributed by atoms with Crippen LogP contribution in [0.15, 0.2) is 18.6 Å². The first-order chi connectivity index (χ1) is 10.1. The minimum atomic E-state index is -1.18. The summed E-state index contributed by atoms with van der Waals surface area (Å²) in [5.74, 6) is -0.598. The SMILES string of the molecule is NC(=O)CN(C(=O)O)C(c1cnccn1)C1CCNCC1. The Kier molecular flexibility index (Phi) is 5.04. The highest BCUT2D eigenvalue weighted by atomic mass is 16.4. The average Bonchev–Trinajstić information content (AvgIpc) is 2.48. The Hall–Kier alpha value is -2.22. The lowest BCUT2D eigenvalue weighted by atomic mass is 9.87. The summed E-state index contributed by atoms with van der Waals surface area (Å²) < 4.78 is 0. The van der Waals surface area contributed by atoms with E-state index in [-0.39, 0.29) is 12.5 Å². The van der Waals surface area contributed by atoms with Gasteiger partial charge in [0, 0.05) is 12.4 Å².